The lowest BCUT2D eigenvalue weighted by molar-refractivity contribution is -0.126. The predicted octanol–water partition coefficient (Wildman–Crippen LogP) is 2.56. The topological polar surface area (TPSA) is 58.4 Å². The number of likely N-dealkylation sites (tertiary alicyclic amines) is 1. The van der Waals surface area contributed by atoms with Crippen molar-refractivity contribution in [2.45, 2.75) is 65.0 Å². The van der Waals surface area contributed by atoms with Crippen molar-refractivity contribution in [3.8, 4) is 0 Å². The third-order valence-electron chi connectivity index (χ3n) is 5.16. The molecule has 1 aliphatic heterocycles. The number of hydrogen-bond donors (Lipinski definition) is 1. The lowest BCUT2D eigenvalue weighted by atomic mass is 9.88. The summed E-state index contributed by atoms with van der Waals surface area (Å²) in [5.74, 6) is 1.45. The Hall–Kier alpha value is -1.36. The number of aromatic nitrogens is 1. The van der Waals surface area contributed by atoms with E-state index in [0.717, 1.165) is 50.4 Å². The molecule has 1 unspecified atom stereocenters. The van der Waals surface area contributed by atoms with E-state index in [2.05, 4.69) is 15.4 Å². The van der Waals surface area contributed by atoms with Crippen molar-refractivity contribution in [3.05, 3.63) is 17.0 Å². The van der Waals surface area contributed by atoms with Gasteiger partial charge >= 0.3 is 0 Å². The molecule has 22 heavy (non-hydrogen) atoms. The molecule has 2 heterocycles. The summed E-state index contributed by atoms with van der Waals surface area (Å²) in [7, 11) is 0. The van der Waals surface area contributed by atoms with Crippen LogP contribution in [0.25, 0.3) is 0 Å². The first-order chi connectivity index (χ1) is 10.6. The summed E-state index contributed by atoms with van der Waals surface area (Å²) in [6.07, 6.45) is 6.89. The second kappa shape index (κ2) is 6.82. The van der Waals surface area contributed by atoms with Crippen LogP contribution in [-0.2, 0) is 11.3 Å². The Balaban J connectivity index is 1.49. The number of amides is 1. The summed E-state index contributed by atoms with van der Waals surface area (Å²) in [6.45, 7) is 6.79. The Kier molecular flexibility index (Phi) is 4.81. The van der Waals surface area contributed by atoms with Crippen LogP contribution in [0.15, 0.2) is 4.52 Å². The normalized spacial score (nSPS) is 23.8. The molecule has 122 valence electrons. The van der Waals surface area contributed by atoms with E-state index in [9.17, 15) is 4.79 Å². The molecule has 5 nitrogen and oxygen atoms in total. The highest BCUT2D eigenvalue weighted by atomic mass is 16.5. The maximum absolute atomic E-state index is 12.3. The monoisotopic (exact) mass is 305 g/mol. The van der Waals surface area contributed by atoms with Crippen molar-refractivity contribution in [1.29, 1.82) is 0 Å². The maximum Gasteiger partial charge on any atom is 0.223 e. The van der Waals surface area contributed by atoms with Crippen LogP contribution in [0.1, 0.15) is 55.5 Å². The second-order valence-corrected chi connectivity index (χ2v) is 6.87. The highest BCUT2D eigenvalue weighted by molar-refractivity contribution is 5.79. The molecule has 1 N–H and O–H groups in total. The average Bonchev–Trinajstić information content (AvgIpc) is 3.10. The van der Waals surface area contributed by atoms with Gasteiger partial charge in [0.25, 0.3) is 0 Å². The van der Waals surface area contributed by atoms with Gasteiger partial charge in [-0.3, -0.25) is 9.69 Å². The molecule has 0 radical (unpaired) electrons. The first kappa shape index (κ1) is 15.5. The fraction of sp³-hybridized carbons (Fsp3) is 0.765. The molecular formula is C17H27N3O2. The van der Waals surface area contributed by atoms with Crippen LogP contribution in [0.2, 0.25) is 0 Å². The van der Waals surface area contributed by atoms with Gasteiger partial charge in [-0.25, -0.2) is 0 Å². The molecule has 3 rings (SSSR count). The molecule has 0 spiro atoms. The Labute approximate surface area is 132 Å². The first-order valence-electron chi connectivity index (χ1n) is 8.58. The molecule has 1 amide bonds. The Morgan fingerprint density at radius 1 is 1.27 bits per heavy atom. The minimum atomic E-state index is 0.255. The molecule has 1 saturated heterocycles. The number of carbonyl (C=O) groups excluding carboxylic acids is 1. The molecule has 2 fully saturated rings. The van der Waals surface area contributed by atoms with Crippen LogP contribution < -0.4 is 5.32 Å². The average molecular weight is 305 g/mol. The van der Waals surface area contributed by atoms with Crippen molar-refractivity contribution >= 4 is 5.91 Å². The fourth-order valence-electron chi connectivity index (χ4n) is 3.73. The third-order valence-corrected chi connectivity index (χ3v) is 5.16. The second-order valence-electron chi connectivity index (χ2n) is 6.87. The summed E-state index contributed by atoms with van der Waals surface area (Å²) in [5, 5.41) is 7.28. The van der Waals surface area contributed by atoms with Gasteiger partial charge in [-0.05, 0) is 33.1 Å². The maximum atomic E-state index is 12.3. The van der Waals surface area contributed by atoms with E-state index in [1.165, 1.54) is 24.8 Å². The highest BCUT2D eigenvalue weighted by Crippen LogP contribution is 2.24. The zero-order valence-corrected chi connectivity index (χ0v) is 13.7. The van der Waals surface area contributed by atoms with Crippen LogP contribution in [0.3, 0.4) is 0 Å². The standard InChI is InChI=1S/C17H27N3O2/c1-12-16(13(2)22-19-12)11-20-9-8-15(10-20)18-17(21)14-6-4-3-5-7-14/h14-15H,3-11H2,1-2H3,(H,18,21). The van der Waals surface area contributed by atoms with Gasteiger partial charge in [-0.1, -0.05) is 24.4 Å². The molecule has 0 aromatic carbocycles. The summed E-state index contributed by atoms with van der Waals surface area (Å²) >= 11 is 0. The molecular weight excluding hydrogens is 278 g/mol. The van der Waals surface area contributed by atoms with Crippen LogP contribution in [0, 0.1) is 19.8 Å². The van der Waals surface area contributed by atoms with Crippen molar-refractivity contribution in [2.75, 3.05) is 13.1 Å². The van der Waals surface area contributed by atoms with Crippen LogP contribution in [0.4, 0.5) is 0 Å². The van der Waals surface area contributed by atoms with E-state index in [1.54, 1.807) is 0 Å². The smallest absolute Gasteiger partial charge is 0.223 e. The van der Waals surface area contributed by atoms with E-state index in [-0.39, 0.29) is 11.8 Å². The molecule has 1 atom stereocenters. The number of hydrogen-bond acceptors (Lipinski definition) is 4. The van der Waals surface area contributed by atoms with E-state index < -0.39 is 0 Å². The van der Waals surface area contributed by atoms with E-state index in [1.807, 2.05) is 13.8 Å². The van der Waals surface area contributed by atoms with Crippen LogP contribution >= 0.6 is 0 Å². The van der Waals surface area contributed by atoms with Gasteiger partial charge in [0, 0.05) is 37.2 Å². The third kappa shape index (κ3) is 3.51. The number of nitrogens with one attached hydrogen (secondary N) is 1. The Morgan fingerprint density at radius 3 is 2.73 bits per heavy atom. The minimum absolute atomic E-state index is 0.255. The van der Waals surface area contributed by atoms with Gasteiger partial charge < -0.3 is 9.84 Å². The molecule has 1 aliphatic carbocycles. The Bertz CT molecular complexity index is 500. The molecule has 5 heteroatoms. The summed E-state index contributed by atoms with van der Waals surface area (Å²) < 4.78 is 5.23. The van der Waals surface area contributed by atoms with Crippen molar-refractivity contribution in [3.63, 3.8) is 0 Å². The minimum Gasteiger partial charge on any atom is -0.361 e. The van der Waals surface area contributed by atoms with E-state index in [4.69, 9.17) is 4.52 Å². The Morgan fingerprint density at radius 2 is 2.05 bits per heavy atom. The quantitative estimate of drug-likeness (QED) is 0.929. The fourth-order valence-corrected chi connectivity index (χ4v) is 3.73. The largest absolute Gasteiger partial charge is 0.361 e. The molecule has 1 aromatic heterocycles. The molecule has 1 saturated carbocycles. The van der Waals surface area contributed by atoms with Crippen LogP contribution in [0.5, 0.6) is 0 Å². The zero-order valence-electron chi connectivity index (χ0n) is 13.7. The first-order valence-corrected chi connectivity index (χ1v) is 8.58. The number of rotatable bonds is 4. The van der Waals surface area contributed by atoms with Gasteiger partial charge in [0.15, 0.2) is 0 Å². The number of aryl methyl sites for hydroxylation is 2. The van der Waals surface area contributed by atoms with Gasteiger partial charge in [0.05, 0.1) is 5.69 Å². The van der Waals surface area contributed by atoms with E-state index >= 15 is 0 Å². The highest BCUT2D eigenvalue weighted by Gasteiger charge is 2.28. The van der Waals surface area contributed by atoms with Gasteiger partial charge in [0.1, 0.15) is 5.76 Å². The molecule has 0 bridgehead atoms. The van der Waals surface area contributed by atoms with Gasteiger partial charge in [-0.15, -0.1) is 0 Å². The van der Waals surface area contributed by atoms with Gasteiger partial charge in [0.2, 0.25) is 5.91 Å². The summed E-state index contributed by atoms with van der Waals surface area (Å²) in [4.78, 5) is 14.7. The van der Waals surface area contributed by atoms with Crippen molar-refractivity contribution in [1.82, 2.24) is 15.4 Å². The SMILES string of the molecule is Cc1noc(C)c1CN1CCC(NC(=O)C2CCCCC2)C1. The van der Waals surface area contributed by atoms with Crippen LogP contribution in [-0.4, -0.2) is 35.1 Å². The zero-order chi connectivity index (χ0) is 15.5. The lowest BCUT2D eigenvalue weighted by Gasteiger charge is -2.23. The number of nitrogens with zero attached hydrogens (tertiary/aromatic N) is 2. The van der Waals surface area contributed by atoms with Crippen molar-refractivity contribution < 1.29 is 9.32 Å². The molecule has 2 aliphatic rings. The summed E-state index contributed by atoms with van der Waals surface area (Å²) in [6, 6.07) is 0.301. The van der Waals surface area contributed by atoms with E-state index in [0.29, 0.717) is 6.04 Å². The summed E-state index contributed by atoms with van der Waals surface area (Å²) in [5.41, 5.74) is 2.17. The molecule has 1 aromatic rings. The lowest BCUT2D eigenvalue weighted by Crippen LogP contribution is -2.41. The number of carbonyl (C=O) groups is 1. The van der Waals surface area contributed by atoms with Gasteiger partial charge in [-0.2, -0.15) is 0 Å². The van der Waals surface area contributed by atoms with Crippen molar-refractivity contribution in [2.24, 2.45) is 5.92 Å². The predicted molar refractivity (Wildman–Crippen MR) is 84.4 cm³/mol.